The molecule has 2 N–H and O–H groups in total. The Bertz CT molecular complexity index is 686. The van der Waals surface area contributed by atoms with Crippen LogP contribution in [0.5, 0.6) is 0 Å². The molecule has 21 heavy (non-hydrogen) atoms. The number of anilines is 1. The van der Waals surface area contributed by atoms with Crippen molar-refractivity contribution >= 4 is 40.2 Å². The highest BCUT2D eigenvalue weighted by Crippen LogP contribution is 2.19. The highest BCUT2D eigenvalue weighted by Gasteiger charge is 2.13. The van der Waals surface area contributed by atoms with Crippen molar-refractivity contribution in [2.45, 2.75) is 6.42 Å². The fraction of sp³-hybridized carbons (Fsp3) is 0.0667. The summed E-state index contributed by atoms with van der Waals surface area (Å²) in [6.45, 7) is 0. The first-order chi connectivity index (χ1) is 9.95. The Kier molecular flexibility index (Phi) is 4.89. The Labute approximate surface area is 134 Å². The molecule has 0 heterocycles. The first-order valence-corrected chi connectivity index (χ1v) is 7.11. The normalized spacial score (nSPS) is 10.2. The van der Waals surface area contributed by atoms with E-state index in [2.05, 4.69) is 5.32 Å². The number of rotatable bonds is 4. The van der Waals surface area contributed by atoms with Gasteiger partial charge in [-0.1, -0.05) is 12.1 Å². The van der Waals surface area contributed by atoms with E-state index in [9.17, 15) is 14.0 Å². The standard InChI is InChI=1S/C15H11FINO3/c16-10-3-1-9(2-4-10)7-14(19)18-13-6-5-11(17)8-12(13)15(20)21/h1-6,8H,7H2,(H,18,19)(H,20,21). The van der Waals surface area contributed by atoms with Crippen molar-refractivity contribution in [2.75, 3.05) is 5.32 Å². The molecule has 0 saturated carbocycles. The number of carbonyl (C=O) groups excluding carboxylic acids is 1. The van der Waals surface area contributed by atoms with Crippen LogP contribution in [0.1, 0.15) is 15.9 Å². The van der Waals surface area contributed by atoms with Crippen molar-refractivity contribution in [3.8, 4) is 0 Å². The predicted octanol–water partition coefficient (Wildman–Crippen LogP) is 3.31. The van der Waals surface area contributed by atoms with E-state index in [0.29, 0.717) is 5.56 Å². The second-order valence-corrected chi connectivity index (χ2v) is 5.59. The fourth-order valence-corrected chi connectivity index (χ4v) is 2.28. The zero-order chi connectivity index (χ0) is 15.4. The number of aromatic carboxylic acids is 1. The molecular weight excluding hydrogens is 388 g/mol. The molecule has 0 bridgehead atoms. The quantitative estimate of drug-likeness (QED) is 0.776. The molecule has 0 spiro atoms. The van der Waals surface area contributed by atoms with E-state index in [-0.39, 0.29) is 29.4 Å². The maximum absolute atomic E-state index is 12.8. The van der Waals surface area contributed by atoms with Gasteiger partial charge in [0.2, 0.25) is 5.91 Å². The van der Waals surface area contributed by atoms with Gasteiger partial charge >= 0.3 is 5.97 Å². The molecule has 0 unspecified atom stereocenters. The van der Waals surface area contributed by atoms with Gasteiger partial charge in [-0.2, -0.15) is 0 Å². The molecular formula is C15H11FINO3. The second-order valence-electron chi connectivity index (χ2n) is 4.35. The number of hydrogen-bond donors (Lipinski definition) is 2. The molecule has 2 aromatic rings. The molecule has 0 aliphatic carbocycles. The maximum atomic E-state index is 12.8. The van der Waals surface area contributed by atoms with Crippen LogP contribution < -0.4 is 5.32 Å². The summed E-state index contributed by atoms with van der Waals surface area (Å²) in [4.78, 5) is 23.1. The van der Waals surface area contributed by atoms with E-state index in [1.807, 2.05) is 22.6 Å². The summed E-state index contributed by atoms with van der Waals surface area (Å²) < 4.78 is 13.5. The Hall–Kier alpha value is -1.96. The second kappa shape index (κ2) is 6.66. The summed E-state index contributed by atoms with van der Waals surface area (Å²) in [7, 11) is 0. The van der Waals surface area contributed by atoms with Crippen LogP contribution in [-0.2, 0) is 11.2 Å². The average molecular weight is 399 g/mol. The van der Waals surface area contributed by atoms with Crippen LogP contribution in [0.25, 0.3) is 0 Å². The molecule has 108 valence electrons. The summed E-state index contributed by atoms with van der Waals surface area (Å²) >= 11 is 2.00. The van der Waals surface area contributed by atoms with Crippen LogP contribution in [0.3, 0.4) is 0 Å². The van der Waals surface area contributed by atoms with E-state index in [0.717, 1.165) is 3.57 Å². The first kappa shape index (κ1) is 15.4. The Morgan fingerprint density at radius 1 is 1.14 bits per heavy atom. The van der Waals surface area contributed by atoms with E-state index in [4.69, 9.17) is 5.11 Å². The highest BCUT2D eigenvalue weighted by molar-refractivity contribution is 14.1. The summed E-state index contributed by atoms with van der Waals surface area (Å²) in [6, 6.07) is 10.3. The minimum atomic E-state index is -1.11. The predicted molar refractivity (Wildman–Crippen MR) is 84.9 cm³/mol. The van der Waals surface area contributed by atoms with Crippen molar-refractivity contribution in [1.82, 2.24) is 0 Å². The molecule has 0 aromatic heterocycles. The molecule has 2 aromatic carbocycles. The van der Waals surface area contributed by atoms with Crippen molar-refractivity contribution in [3.05, 3.63) is 63.0 Å². The SMILES string of the molecule is O=C(Cc1ccc(F)cc1)Nc1ccc(I)cc1C(=O)O. The van der Waals surface area contributed by atoms with Crippen LogP contribution in [-0.4, -0.2) is 17.0 Å². The molecule has 0 aliphatic rings. The summed E-state index contributed by atoms with van der Waals surface area (Å²) in [5, 5.41) is 11.7. The number of amides is 1. The molecule has 0 radical (unpaired) electrons. The molecule has 0 fully saturated rings. The van der Waals surface area contributed by atoms with Crippen molar-refractivity contribution in [3.63, 3.8) is 0 Å². The summed E-state index contributed by atoms with van der Waals surface area (Å²) in [5.41, 5.74) is 0.931. The van der Waals surface area contributed by atoms with Gasteiger partial charge in [0.1, 0.15) is 5.82 Å². The van der Waals surface area contributed by atoms with Gasteiger partial charge in [-0.25, -0.2) is 9.18 Å². The largest absolute Gasteiger partial charge is 0.478 e. The molecule has 0 saturated heterocycles. The van der Waals surface area contributed by atoms with Gasteiger partial charge in [-0.3, -0.25) is 4.79 Å². The fourth-order valence-electron chi connectivity index (χ4n) is 1.78. The van der Waals surface area contributed by atoms with Crippen LogP contribution in [0.15, 0.2) is 42.5 Å². The molecule has 0 atom stereocenters. The third-order valence-corrected chi connectivity index (χ3v) is 3.44. The van der Waals surface area contributed by atoms with Gasteiger partial charge in [0.25, 0.3) is 0 Å². The van der Waals surface area contributed by atoms with Crippen LogP contribution in [0.2, 0.25) is 0 Å². The van der Waals surface area contributed by atoms with E-state index in [1.165, 1.54) is 30.3 Å². The van der Waals surface area contributed by atoms with E-state index < -0.39 is 5.97 Å². The lowest BCUT2D eigenvalue weighted by Gasteiger charge is -2.09. The number of hydrogen-bond acceptors (Lipinski definition) is 2. The molecule has 1 amide bonds. The smallest absolute Gasteiger partial charge is 0.337 e. The Morgan fingerprint density at radius 3 is 2.43 bits per heavy atom. The van der Waals surface area contributed by atoms with Crippen LogP contribution in [0, 0.1) is 9.39 Å². The molecule has 4 nitrogen and oxygen atoms in total. The van der Waals surface area contributed by atoms with Crippen molar-refractivity contribution < 1.29 is 19.1 Å². The third-order valence-electron chi connectivity index (χ3n) is 2.76. The third kappa shape index (κ3) is 4.25. The monoisotopic (exact) mass is 399 g/mol. The van der Waals surface area contributed by atoms with E-state index >= 15 is 0 Å². The Balaban J connectivity index is 2.12. The van der Waals surface area contributed by atoms with Gasteiger partial charge in [-0.05, 0) is 58.5 Å². The number of nitrogens with one attached hydrogen (secondary N) is 1. The lowest BCUT2D eigenvalue weighted by atomic mass is 10.1. The summed E-state index contributed by atoms with van der Waals surface area (Å²) in [5.74, 6) is -1.83. The zero-order valence-electron chi connectivity index (χ0n) is 10.8. The first-order valence-electron chi connectivity index (χ1n) is 6.03. The number of carbonyl (C=O) groups is 2. The van der Waals surface area contributed by atoms with Gasteiger partial charge in [-0.15, -0.1) is 0 Å². The molecule has 0 aliphatic heterocycles. The van der Waals surface area contributed by atoms with Gasteiger partial charge < -0.3 is 10.4 Å². The Morgan fingerprint density at radius 2 is 1.81 bits per heavy atom. The highest BCUT2D eigenvalue weighted by atomic mass is 127. The van der Waals surface area contributed by atoms with Crippen LogP contribution >= 0.6 is 22.6 Å². The minimum Gasteiger partial charge on any atom is -0.478 e. The number of halogens is 2. The number of carboxylic acids is 1. The molecule has 2 rings (SSSR count). The molecule has 6 heteroatoms. The van der Waals surface area contributed by atoms with Crippen molar-refractivity contribution in [2.24, 2.45) is 0 Å². The van der Waals surface area contributed by atoms with Crippen LogP contribution in [0.4, 0.5) is 10.1 Å². The maximum Gasteiger partial charge on any atom is 0.337 e. The van der Waals surface area contributed by atoms with Gasteiger partial charge in [0.15, 0.2) is 0 Å². The zero-order valence-corrected chi connectivity index (χ0v) is 12.9. The van der Waals surface area contributed by atoms with Gasteiger partial charge in [0.05, 0.1) is 17.7 Å². The number of carboxylic acid groups (broad SMARTS) is 1. The van der Waals surface area contributed by atoms with E-state index in [1.54, 1.807) is 12.1 Å². The average Bonchev–Trinajstić information content (AvgIpc) is 2.43. The lowest BCUT2D eigenvalue weighted by molar-refractivity contribution is -0.115. The number of benzene rings is 2. The minimum absolute atomic E-state index is 0.0364. The van der Waals surface area contributed by atoms with Crippen molar-refractivity contribution in [1.29, 1.82) is 0 Å². The van der Waals surface area contributed by atoms with Gasteiger partial charge in [0, 0.05) is 3.57 Å². The lowest BCUT2D eigenvalue weighted by Crippen LogP contribution is -2.17. The summed E-state index contributed by atoms with van der Waals surface area (Å²) in [6.07, 6.45) is 0.0469. The topological polar surface area (TPSA) is 66.4 Å².